The summed E-state index contributed by atoms with van der Waals surface area (Å²) in [4.78, 5) is 1.43. The van der Waals surface area contributed by atoms with Gasteiger partial charge in [0, 0.05) is 15.8 Å². The van der Waals surface area contributed by atoms with Crippen LogP contribution in [0.25, 0.3) is 0 Å². The minimum Gasteiger partial charge on any atom is -0.492 e. The molecule has 1 aliphatic rings. The fraction of sp³-hybridized carbons (Fsp3) is 0.556. The summed E-state index contributed by atoms with van der Waals surface area (Å²) in [7, 11) is 0. The highest BCUT2D eigenvalue weighted by molar-refractivity contribution is 7.10. The van der Waals surface area contributed by atoms with Crippen LogP contribution >= 0.6 is 11.3 Å². The number of hydrogen-bond acceptors (Lipinski definition) is 2. The molecule has 0 bridgehead atoms. The average molecular weight is 168 g/mol. The zero-order chi connectivity index (χ0) is 7.68. The van der Waals surface area contributed by atoms with Crippen molar-refractivity contribution in [1.82, 2.24) is 0 Å². The number of ether oxygens (including phenoxy) is 1. The lowest BCUT2D eigenvalue weighted by molar-refractivity contribution is 0.318. The van der Waals surface area contributed by atoms with Crippen LogP contribution in [0, 0.1) is 6.92 Å². The van der Waals surface area contributed by atoms with E-state index in [1.807, 2.05) is 0 Å². The Bertz CT molecular complexity index is 252. The van der Waals surface area contributed by atoms with Crippen molar-refractivity contribution in [3.05, 3.63) is 15.8 Å². The summed E-state index contributed by atoms with van der Waals surface area (Å²) in [5.74, 6) is 1.14. The second-order valence-electron chi connectivity index (χ2n) is 2.94. The van der Waals surface area contributed by atoms with Gasteiger partial charge in [-0.15, -0.1) is 11.3 Å². The molecule has 0 aromatic carbocycles. The van der Waals surface area contributed by atoms with E-state index < -0.39 is 0 Å². The predicted octanol–water partition coefficient (Wildman–Crippen LogP) is 2.77. The van der Waals surface area contributed by atoms with Gasteiger partial charge in [-0.1, -0.05) is 0 Å². The highest BCUT2D eigenvalue weighted by atomic mass is 32.1. The molecule has 0 atom stereocenters. The third-order valence-corrected chi connectivity index (χ3v) is 3.08. The van der Waals surface area contributed by atoms with Crippen LogP contribution in [0.15, 0.2) is 5.38 Å². The summed E-state index contributed by atoms with van der Waals surface area (Å²) in [5.41, 5.74) is 1.45. The molecule has 60 valence electrons. The molecule has 0 fully saturated rings. The number of thiophene rings is 1. The van der Waals surface area contributed by atoms with Crippen molar-refractivity contribution in [3.63, 3.8) is 0 Å². The molecule has 1 aromatic rings. The predicted molar refractivity (Wildman–Crippen MR) is 47.5 cm³/mol. The van der Waals surface area contributed by atoms with Crippen LogP contribution in [0.2, 0.25) is 0 Å². The van der Waals surface area contributed by atoms with Gasteiger partial charge in [-0.2, -0.15) is 0 Å². The maximum absolute atomic E-state index is 5.58. The monoisotopic (exact) mass is 168 g/mol. The molecular formula is C9H12OS. The maximum atomic E-state index is 5.58. The van der Waals surface area contributed by atoms with Crippen molar-refractivity contribution in [3.8, 4) is 5.75 Å². The third kappa shape index (κ3) is 1.27. The van der Waals surface area contributed by atoms with Gasteiger partial charge in [0.25, 0.3) is 0 Å². The summed E-state index contributed by atoms with van der Waals surface area (Å²) in [6, 6.07) is 0. The van der Waals surface area contributed by atoms with Crippen LogP contribution in [-0.4, -0.2) is 6.61 Å². The van der Waals surface area contributed by atoms with Crippen LogP contribution in [0.4, 0.5) is 0 Å². The molecule has 0 saturated heterocycles. The van der Waals surface area contributed by atoms with E-state index in [2.05, 4.69) is 12.3 Å². The van der Waals surface area contributed by atoms with Crippen LogP contribution < -0.4 is 4.74 Å². The van der Waals surface area contributed by atoms with Crippen molar-refractivity contribution < 1.29 is 4.74 Å². The molecule has 2 rings (SSSR count). The van der Waals surface area contributed by atoms with Crippen molar-refractivity contribution in [1.29, 1.82) is 0 Å². The Morgan fingerprint density at radius 2 is 2.36 bits per heavy atom. The molecule has 0 radical (unpaired) electrons. The first kappa shape index (κ1) is 7.17. The van der Waals surface area contributed by atoms with Gasteiger partial charge >= 0.3 is 0 Å². The Kier molecular flexibility index (Phi) is 1.86. The normalized spacial score (nSPS) is 16.8. The van der Waals surface area contributed by atoms with E-state index in [0.29, 0.717) is 0 Å². The highest BCUT2D eigenvalue weighted by Crippen LogP contribution is 2.31. The summed E-state index contributed by atoms with van der Waals surface area (Å²) >= 11 is 1.80. The first-order valence-electron chi connectivity index (χ1n) is 4.07. The topological polar surface area (TPSA) is 9.23 Å². The number of rotatable bonds is 0. The van der Waals surface area contributed by atoms with Crippen LogP contribution in [0.1, 0.15) is 23.3 Å². The largest absolute Gasteiger partial charge is 0.492 e. The van der Waals surface area contributed by atoms with E-state index in [4.69, 9.17) is 4.74 Å². The first-order valence-corrected chi connectivity index (χ1v) is 4.95. The smallest absolute Gasteiger partial charge is 0.133 e. The standard InChI is InChI=1S/C9H12OS/c1-7-8-4-2-3-5-10-9(8)6-11-7/h6H,2-5H2,1H3. The summed E-state index contributed by atoms with van der Waals surface area (Å²) in [5, 5.41) is 2.13. The van der Waals surface area contributed by atoms with Crippen LogP contribution in [-0.2, 0) is 6.42 Å². The van der Waals surface area contributed by atoms with E-state index in [1.165, 1.54) is 29.7 Å². The SMILES string of the molecule is Cc1scc2c1CCCCO2. The number of aryl methyl sites for hydroxylation is 1. The number of fused-ring (bicyclic) bond motifs is 1. The van der Waals surface area contributed by atoms with Crippen molar-refractivity contribution in [2.45, 2.75) is 26.2 Å². The molecule has 0 unspecified atom stereocenters. The Hall–Kier alpha value is -0.500. The minimum atomic E-state index is 0.906. The molecule has 0 amide bonds. The van der Waals surface area contributed by atoms with Gasteiger partial charge < -0.3 is 4.74 Å². The van der Waals surface area contributed by atoms with Crippen LogP contribution in [0.3, 0.4) is 0 Å². The molecular weight excluding hydrogens is 156 g/mol. The minimum absolute atomic E-state index is 0.906. The molecule has 1 aromatic heterocycles. The lowest BCUT2D eigenvalue weighted by atomic mass is 10.1. The zero-order valence-electron chi connectivity index (χ0n) is 6.72. The maximum Gasteiger partial charge on any atom is 0.133 e. The fourth-order valence-electron chi connectivity index (χ4n) is 1.46. The molecule has 2 heteroatoms. The quantitative estimate of drug-likeness (QED) is 0.579. The lowest BCUT2D eigenvalue weighted by Gasteiger charge is -1.99. The van der Waals surface area contributed by atoms with Crippen LogP contribution in [0.5, 0.6) is 5.75 Å². The fourth-order valence-corrected chi connectivity index (χ4v) is 2.30. The van der Waals surface area contributed by atoms with Gasteiger partial charge in [-0.25, -0.2) is 0 Å². The van der Waals surface area contributed by atoms with Gasteiger partial charge in [0.15, 0.2) is 0 Å². The molecule has 1 nitrogen and oxygen atoms in total. The van der Waals surface area contributed by atoms with Gasteiger partial charge in [0.1, 0.15) is 5.75 Å². The molecule has 0 N–H and O–H groups in total. The van der Waals surface area contributed by atoms with E-state index in [9.17, 15) is 0 Å². The summed E-state index contributed by atoms with van der Waals surface area (Å²) in [6.45, 7) is 3.08. The molecule has 11 heavy (non-hydrogen) atoms. The Morgan fingerprint density at radius 3 is 3.27 bits per heavy atom. The van der Waals surface area contributed by atoms with Gasteiger partial charge in [-0.3, -0.25) is 0 Å². The third-order valence-electron chi connectivity index (χ3n) is 2.14. The Morgan fingerprint density at radius 1 is 1.45 bits per heavy atom. The van der Waals surface area contributed by atoms with Gasteiger partial charge in [0.2, 0.25) is 0 Å². The molecule has 2 heterocycles. The Balaban J connectivity index is 2.35. The van der Waals surface area contributed by atoms with Gasteiger partial charge in [-0.05, 0) is 26.2 Å². The first-order chi connectivity index (χ1) is 5.38. The summed E-state index contributed by atoms with van der Waals surface area (Å²) in [6.07, 6.45) is 3.70. The lowest BCUT2D eigenvalue weighted by Crippen LogP contribution is -1.92. The van der Waals surface area contributed by atoms with Gasteiger partial charge in [0.05, 0.1) is 6.61 Å². The number of hydrogen-bond donors (Lipinski definition) is 0. The average Bonchev–Trinajstić information content (AvgIpc) is 2.25. The highest BCUT2D eigenvalue weighted by Gasteiger charge is 2.12. The van der Waals surface area contributed by atoms with Crippen molar-refractivity contribution >= 4 is 11.3 Å². The van der Waals surface area contributed by atoms with E-state index in [-0.39, 0.29) is 0 Å². The van der Waals surface area contributed by atoms with Crippen molar-refractivity contribution in [2.75, 3.05) is 6.61 Å². The second kappa shape index (κ2) is 2.86. The van der Waals surface area contributed by atoms with E-state index in [0.717, 1.165) is 12.4 Å². The zero-order valence-corrected chi connectivity index (χ0v) is 7.54. The molecule has 1 aliphatic heterocycles. The molecule has 0 aliphatic carbocycles. The summed E-state index contributed by atoms with van der Waals surface area (Å²) < 4.78 is 5.58. The van der Waals surface area contributed by atoms with E-state index in [1.54, 1.807) is 11.3 Å². The Labute approximate surface area is 71.0 Å². The molecule has 0 spiro atoms. The van der Waals surface area contributed by atoms with E-state index >= 15 is 0 Å². The van der Waals surface area contributed by atoms with Crippen molar-refractivity contribution in [2.24, 2.45) is 0 Å². The molecule has 0 saturated carbocycles. The second-order valence-corrected chi connectivity index (χ2v) is 4.02.